The molecule has 0 radical (unpaired) electrons. The highest BCUT2D eigenvalue weighted by Gasteiger charge is 2.20. The molecule has 0 atom stereocenters. The third-order valence-corrected chi connectivity index (χ3v) is 3.67. The molecule has 1 aromatic rings. The number of halogens is 2. The molecule has 0 N–H and O–H groups in total. The van der Waals surface area contributed by atoms with Gasteiger partial charge in [-0.2, -0.15) is 0 Å². The number of esters is 1. The molecule has 0 amide bonds. The first kappa shape index (κ1) is 13.3. The van der Waals surface area contributed by atoms with E-state index in [9.17, 15) is 13.2 Å². The lowest BCUT2D eigenvalue weighted by Gasteiger charge is -2.07. The van der Waals surface area contributed by atoms with Crippen LogP contribution in [0.3, 0.4) is 0 Å². The molecule has 0 aliphatic heterocycles. The number of carbonyl (C=O) groups is 1. The van der Waals surface area contributed by atoms with Crippen molar-refractivity contribution in [2.45, 2.75) is 4.90 Å². The van der Waals surface area contributed by atoms with Gasteiger partial charge in [0.05, 0.1) is 22.6 Å². The number of sulfone groups is 1. The Morgan fingerprint density at radius 3 is 2.31 bits per heavy atom. The topological polar surface area (TPSA) is 60.4 Å². The van der Waals surface area contributed by atoms with Gasteiger partial charge in [0.1, 0.15) is 0 Å². The second-order valence-corrected chi connectivity index (χ2v) is 5.83. The smallest absolute Gasteiger partial charge is 0.339 e. The highest BCUT2D eigenvalue weighted by molar-refractivity contribution is 7.90. The van der Waals surface area contributed by atoms with Gasteiger partial charge in [0.25, 0.3) is 0 Å². The summed E-state index contributed by atoms with van der Waals surface area (Å²) >= 11 is 11.5. The van der Waals surface area contributed by atoms with Gasteiger partial charge in [-0.1, -0.05) is 23.2 Å². The lowest BCUT2D eigenvalue weighted by Crippen LogP contribution is -2.06. The van der Waals surface area contributed by atoms with Crippen LogP contribution in [0.1, 0.15) is 10.4 Å². The molecule has 7 heteroatoms. The number of methoxy groups -OCH3 is 1. The van der Waals surface area contributed by atoms with Crippen LogP contribution < -0.4 is 0 Å². The van der Waals surface area contributed by atoms with Crippen molar-refractivity contribution in [3.63, 3.8) is 0 Å². The van der Waals surface area contributed by atoms with Crippen molar-refractivity contribution in [1.82, 2.24) is 0 Å². The van der Waals surface area contributed by atoms with Crippen molar-refractivity contribution in [3.8, 4) is 0 Å². The summed E-state index contributed by atoms with van der Waals surface area (Å²) in [6.45, 7) is 0. The number of ether oxygens (including phenoxy) is 1. The predicted octanol–water partition coefficient (Wildman–Crippen LogP) is 2.18. The van der Waals surface area contributed by atoms with Crippen LogP contribution in [0, 0.1) is 0 Å². The number of benzene rings is 1. The van der Waals surface area contributed by atoms with Crippen molar-refractivity contribution in [2.24, 2.45) is 0 Å². The van der Waals surface area contributed by atoms with E-state index in [-0.39, 0.29) is 20.5 Å². The number of rotatable bonds is 2. The average Bonchev–Trinajstić information content (AvgIpc) is 2.18. The molecular formula is C9H8Cl2O4S. The first-order valence-electron chi connectivity index (χ1n) is 4.04. The van der Waals surface area contributed by atoms with Crippen LogP contribution in [0.4, 0.5) is 0 Å². The Hall–Kier alpha value is -0.780. The Bertz CT molecular complexity index is 537. The van der Waals surface area contributed by atoms with Crippen molar-refractivity contribution >= 4 is 39.0 Å². The van der Waals surface area contributed by atoms with Gasteiger partial charge < -0.3 is 4.74 Å². The second kappa shape index (κ2) is 4.61. The van der Waals surface area contributed by atoms with Gasteiger partial charge in [-0.05, 0) is 12.1 Å². The van der Waals surface area contributed by atoms with Crippen LogP contribution in [-0.4, -0.2) is 27.8 Å². The fourth-order valence-corrected chi connectivity index (χ4v) is 2.76. The fraction of sp³-hybridized carbons (Fsp3) is 0.222. The lowest BCUT2D eigenvalue weighted by molar-refractivity contribution is 0.0600. The molecule has 0 aliphatic carbocycles. The van der Waals surface area contributed by atoms with E-state index in [1.165, 1.54) is 19.2 Å². The number of carbonyl (C=O) groups excluding carboxylic acids is 1. The van der Waals surface area contributed by atoms with Crippen LogP contribution in [-0.2, 0) is 14.6 Å². The summed E-state index contributed by atoms with van der Waals surface area (Å²) in [5.74, 6) is -0.739. The maximum atomic E-state index is 11.4. The van der Waals surface area contributed by atoms with Gasteiger partial charge in [-0.25, -0.2) is 13.2 Å². The quantitative estimate of drug-likeness (QED) is 0.780. The summed E-state index contributed by atoms with van der Waals surface area (Å²) in [6.07, 6.45) is 0.978. The zero-order valence-electron chi connectivity index (χ0n) is 8.45. The van der Waals surface area contributed by atoms with Gasteiger partial charge in [0, 0.05) is 11.3 Å². The minimum atomic E-state index is -3.54. The first-order valence-corrected chi connectivity index (χ1v) is 6.69. The normalized spacial score (nSPS) is 11.2. The summed E-state index contributed by atoms with van der Waals surface area (Å²) in [4.78, 5) is 11.1. The molecule has 1 aromatic carbocycles. The fourth-order valence-electron chi connectivity index (χ4n) is 1.09. The van der Waals surface area contributed by atoms with Gasteiger partial charge in [0.15, 0.2) is 9.84 Å². The minimum absolute atomic E-state index is 0.0721. The Kier molecular flexibility index (Phi) is 3.83. The molecule has 0 aliphatic rings. The minimum Gasteiger partial charge on any atom is -0.465 e. The third kappa shape index (κ3) is 2.66. The third-order valence-electron chi connectivity index (χ3n) is 1.81. The molecular weight excluding hydrogens is 275 g/mol. The van der Waals surface area contributed by atoms with E-state index in [1.54, 1.807) is 0 Å². The highest BCUT2D eigenvalue weighted by Crippen LogP contribution is 2.29. The average molecular weight is 283 g/mol. The Labute approximate surface area is 103 Å². The van der Waals surface area contributed by atoms with Crippen LogP contribution in [0.15, 0.2) is 17.0 Å². The lowest BCUT2D eigenvalue weighted by atomic mass is 10.2. The summed E-state index contributed by atoms with van der Waals surface area (Å²) in [7, 11) is -2.38. The second-order valence-electron chi connectivity index (χ2n) is 3.03. The maximum absolute atomic E-state index is 11.4. The Morgan fingerprint density at radius 1 is 1.31 bits per heavy atom. The van der Waals surface area contributed by atoms with E-state index in [2.05, 4.69) is 4.74 Å². The van der Waals surface area contributed by atoms with Crippen molar-refractivity contribution < 1.29 is 17.9 Å². The molecule has 4 nitrogen and oxygen atoms in total. The van der Waals surface area contributed by atoms with E-state index < -0.39 is 15.8 Å². The van der Waals surface area contributed by atoms with Gasteiger partial charge in [-0.15, -0.1) is 0 Å². The van der Waals surface area contributed by atoms with E-state index in [4.69, 9.17) is 23.2 Å². The molecule has 0 bridgehead atoms. The summed E-state index contributed by atoms with van der Waals surface area (Å²) < 4.78 is 27.2. The molecule has 0 saturated carbocycles. The van der Waals surface area contributed by atoms with Crippen LogP contribution in [0.25, 0.3) is 0 Å². The van der Waals surface area contributed by atoms with E-state index in [0.717, 1.165) is 6.26 Å². The van der Waals surface area contributed by atoms with Gasteiger partial charge in [0.2, 0.25) is 0 Å². The highest BCUT2D eigenvalue weighted by atomic mass is 35.5. The van der Waals surface area contributed by atoms with Crippen molar-refractivity contribution in [1.29, 1.82) is 0 Å². The summed E-state index contributed by atoms with van der Waals surface area (Å²) in [6, 6.07) is 2.44. The van der Waals surface area contributed by atoms with Crippen molar-refractivity contribution in [2.75, 3.05) is 13.4 Å². The predicted molar refractivity (Wildman–Crippen MR) is 60.9 cm³/mol. The first-order chi connectivity index (χ1) is 7.27. The molecule has 0 heterocycles. The van der Waals surface area contributed by atoms with Crippen LogP contribution >= 0.6 is 23.2 Å². The maximum Gasteiger partial charge on any atom is 0.339 e. The van der Waals surface area contributed by atoms with Gasteiger partial charge in [-0.3, -0.25) is 0 Å². The number of hydrogen-bond donors (Lipinski definition) is 0. The van der Waals surface area contributed by atoms with Crippen LogP contribution in [0.5, 0.6) is 0 Å². The van der Waals surface area contributed by atoms with E-state index in [1.807, 2.05) is 0 Å². The van der Waals surface area contributed by atoms with Crippen LogP contribution in [0.2, 0.25) is 10.0 Å². The molecule has 0 saturated heterocycles. The molecule has 88 valence electrons. The van der Waals surface area contributed by atoms with E-state index >= 15 is 0 Å². The molecule has 0 spiro atoms. The zero-order chi connectivity index (χ0) is 12.5. The van der Waals surface area contributed by atoms with E-state index in [0.29, 0.717) is 0 Å². The Morgan fingerprint density at radius 2 is 1.88 bits per heavy atom. The van der Waals surface area contributed by atoms with Crippen molar-refractivity contribution in [3.05, 3.63) is 27.7 Å². The molecule has 16 heavy (non-hydrogen) atoms. The SMILES string of the molecule is COC(=O)c1cc(Cl)cc(S(C)(=O)=O)c1Cl. The standard InChI is InChI=1S/C9H8Cl2O4S/c1-15-9(12)6-3-5(10)4-7(8(6)11)16(2,13)14/h3-4H,1-2H3. The molecule has 1 rings (SSSR count). The Balaban J connectivity index is 3.56. The zero-order valence-corrected chi connectivity index (χ0v) is 10.8. The molecule has 0 aromatic heterocycles. The summed E-state index contributed by atoms with van der Waals surface area (Å²) in [5.41, 5.74) is -0.0721. The molecule has 0 fully saturated rings. The summed E-state index contributed by atoms with van der Waals surface area (Å²) in [5, 5.41) is -0.0797. The largest absolute Gasteiger partial charge is 0.465 e. The van der Waals surface area contributed by atoms with Gasteiger partial charge >= 0.3 is 5.97 Å². The molecule has 0 unspecified atom stereocenters. The monoisotopic (exact) mass is 282 g/mol. The number of hydrogen-bond acceptors (Lipinski definition) is 4.